The van der Waals surface area contributed by atoms with Gasteiger partial charge in [-0.25, -0.2) is 9.97 Å². The van der Waals surface area contributed by atoms with Gasteiger partial charge in [-0.15, -0.1) is 11.8 Å². The first-order valence-electron chi connectivity index (χ1n) is 7.21. The average Bonchev–Trinajstić information content (AvgIpc) is 2.97. The Kier molecular flexibility index (Phi) is 4.84. The van der Waals surface area contributed by atoms with Gasteiger partial charge < -0.3 is 8.60 Å². The molecule has 26 heavy (non-hydrogen) atoms. The molecule has 0 saturated carbocycles. The summed E-state index contributed by atoms with van der Waals surface area (Å²) in [6, 6.07) is 7.01. The van der Waals surface area contributed by atoms with Crippen LogP contribution in [-0.2, 0) is 10.1 Å². The van der Waals surface area contributed by atoms with Gasteiger partial charge >= 0.3 is 15.6 Å². The Bertz CT molecular complexity index is 1050. The molecule has 0 atom stereocenters. The molecule has 2 aromatic heterocycles. The van der Waals surface area contributed by atoms with Gasteiger partial charge in [0.05, 0.1) is 0 Å². The minimum atomic E-state index is -5.76. The van der Waals surface area contributed by atoms with Crippen LogP contribution in [0.3, 0.4) is 0 Å². The van der Waals surface area contributed by atoms with E-state index in [1.165, 1.54) is 17.8 Å². The van der Waals surface area contributed by atoms with Crippen LogP contribution in [0.5, 0.6) is 5.75 Å². The third-order valence-electron chi connectivity index (χ3n) is 3.12. The van der Waals surface area contributed by atoms with E-state index in [9.17, 15) is 21.6 Å². The van der Waals surface area contributed by atoms with Crippen molar-refractivity contribution in [3.8, 4) is 17.3 Å². The molecule has 0 N–H and O–H groups in total. The van der Waals surface area contributed by atoms with Gasteiger partial charge in [0, 0.05) is 17.2 Å². The number of thioether (sulfide) groups is 1. The number of halogens is 3. The number of oxazole rings is 1. The number of hydrogen-bond donors (Lipinski definition) is 0. The van der Waals surface area contributed by atoms with E-state index >= 15 is 0 Å². The predicted octanol–water partition coefficient (Wildman–Crippen LogP) is 4.23. The van der Waals surface area contributed by atoms with E-state index in [2.05, 4.69) is 14.2 Å². The third kappa shape index (κ3) is 3.63. The van der Waals surface area contributed by atoms with Gasteiger partial charge in [0.1, 0.15) is 17.0 Å². The van der Waals surface area contributed by atoms with Crippen molar-refractivity contribution in [2.24, 2.45) is 0 Å². The smallest absolute Gasteiger partial charge is 0.435 e. The maximum absolute atomic E-state index is 12.4. The molecular formula is C15H11F3N2O4S2. The molecule has 138 valence electrons. The molecule has 0 radical (unpaired) electrons. The van der Waals surface area contributed by atoms with Crippen LogP contribution < -0.4 is 4.18 Å². The summed E-state index contributed by atoms with van der Waals surface area (Å²) in [6.07, 6.45) is 1.56. The number of fused-ring (bicyclic) bond motifs is 1. The average molecular weight is 404 g/mol. The summed E-state index contributed by atoms with van der Waals surface area (Å²) in [5, 5.41) is 0. The summed E-state index contributed by atoms with van der Waals surface area (Å²) in [5.74, 6) is 0.445. The summed E-state index contributed by atoms with van der Waals surface area (Å²) in [4.78, 5) is 9.30. The number of aromatic nitrogens is 2. The fraction of sp³-hybridized carbons (Fsp3) is 0.200. The topological polar surface area (TPSA) is 82.3 Å². The zero-order valence-electron chi connectivity index (χ0n) is 13.1. The van der Waals surface area contributed by atoms with Crippen molar-refractivity contribution in [2.75, 3.05) is 5.75 Å². The second-order valence-corrected chi connectivity index (χ2v) is 7.76. The van der Waals surface area contributed by atoms with Gasteiger partial charge in [-0.2, -0.15) is 21.6 Å². The molecule has 0 aliphatic rings. The molecule has 0 amide bonds. The molecule has 0 aliphatic heterocycles. The van der Waals surface area contributed by atoms with E-state index in [0.29, 0.717) is 11.2 Å². The molecule has 0 aliphatic carbocycles. The lowest BCUT2D eigenvalue weighted by atomic mass is 10.3. The number of nitrogens with zero attached hydrogens (tertiary/aromatic N) is 2. The molecule has 2 heterocycles. The number of benzene rings is 1. The molecule has 11 heteroatoms. The molecule has 3 aromatic rings. The van der Waals surface area contributed by atoms with E-state index < -0.39 is 21.4 Å². The largest absolute Gasteiger partial charge is 0.534 e. The van der Waals surface area contributed by atoms with Crippen molar-refractivity contribution in [1.29, 1.82) is 0 Å². The second kappa shape index (κ2) is 6.80. The van der Waals surface area contributed by atoms with Crippen LogP contribution >= 0.6 is 11.8 Å². The number of alkyl halides is 3. The maximum atomic E-state index is 12.4. The fourth-order valence-electron chi connectivity index (χ4n) is 2.06. The molecule has 0 fully saturated rings. The van der Waals surface area contributed by atoms with E-state index in [-0.39, 0.29) is 11.5 Å². The quantitative estimate of drug-likeness (QED) is 0.357. The van der Waals surface area contributed by atoms with Gasteiger partial charge in [-0.3, -0.25) is 0 Å². The fourth-order valence-corrected chi connectivity index (χ4v) is 3.27. The monoisotopic (exact) mass is 404 g/mol. The van der Waals surface area contributed by atoms with Crippen LogP contribution in [-0.4, -0.2) is 29.6 Å². The van der Waals surface area contributed by atoms with Gasteiger partial charge in [0.25, 0.3) is 0 Å². The lowest BCUT2D eigenvalue weighted by Crippen LogP contribution is -2.28. The van der Waals surface area contributed by atoms with Crippen LogP contribution in [0.4, 0.5) is 13.2 Å². The highest BCUT2D eigenvalue weighted by atomic mass is 32.2. The Balaban J connectivity index is 1.99. The number of pyridine rings is 1. The van der Waals surface area contributed by atoms with Crippen molar-refractivity contribution in [3.05, 3.63) is 36.5 Å². The normalized spacial score (nSPS) is 12.5. The molecule has 0 unspecified atom stereocenters. The van der Waals surface area contributed by atoms with E-state index in [4.69, 9.17) is 4.42 Å². The van der Waals surface area contributed by atoms with Crippen molar-refractivity contribution in [1.82, 2.24) is 9.97 Å². The summed E-state index contributed by atoms with van der Waals surface area (Å²) in [5.41, 5.74) is -4.63. The first kappa shape index (κ1) is 18.5. The second-order valence-electron chi connectivity index (χ2n) is 4.91. The van der Waals surface area contributed by atoms with Crippen LogP contribution in [0.2, 0.25) is 0 Å². The Morgan fingerprint density at radius 1 is 1.27 bits per heavy atom. The Morgan fingerprint density at radius 2 is 2.04 bits per heavy atom. The zero-order valence-corrected chi connectivity index (χ0v) is 14.8. The molecule has 1 aromatic carbocycles. The van der Waals surface area contributed by atoms with Crippen molar-refractivity contribution in [2.45, 2.75) is 17.3 Å². The van der Waals surface area contributed by atoms with Crippen LogP contribution in [0.15, 0.2) is 45.8 Å². The first-order chi connectivity index (χ1) is 12.2. The summed E-state index contributed by atoms with van der Waals surface area (Å²) >= 11 is 1.53. The van der Waals surface area contributed by atoms with Crippen LogP contribution in [0.1, 0.15) is 6.92 Å². The Hall–Kier alpha value is -2.27. The molecule has 0 spiro atoms. The summed E-state index contributed by atoms with van der Waals surface area (Å²) in [6.45, 7) is 1.97. The lowest BCUT2D eigenvalue weighted by molar-refractivity contribution is -0.0500. The minimum Gasteiger partial charge on any atom is -0.435 e. The lowest BCUT2D eigenvalue weighted by Gasteiger charge is -2.08. The van der Waals surface area contributed by atoms with Crippen molar-refractivity contribution in [3.63, 3.8) is 0 Å². The zero-order chi connectivity index (χ0) is 18.9. The van der Waals surface area contributed by atoms with E-state index in [1.807, 2.05) is 13.0 Å². The standard InChI is InChI=1S/C15H11F3N2O4S2/c1-2-25-12-4-3-7-19-13(12)14-20-10-6-5-9(8-11(10)23-14)24-26(21,22)15(16,17)18/h3-8H,2H2,1H3. The van der Waals surface area contributed by atoms with Gasteiger partial charge in [-0.05, 0) is 30.0 Å². The highest BCUT2D eigenvalue weighted by Gasteiger charge is 2.48. The SMILES string of the molecule is CCSc1cccnc1-c1nc2ccc(OS(=O)(=O)C(F)(F)F)cc2o1. The minimum absolute atomic E-state index is 0.0768. The maximum Gasteiger partial charge on any atom is 0.534 e. The predicted molar refractivity (Wildman–Crippen MR) is 89.2 cm³/mol. The van der Waals surface area contributed by atoms with Gasteiger partial charge in [0.2, 0.25) is 5.89 Å². The van der Waals surface area contributed by atoms with Crippen LogP contribution in [0, 0.1) is 0 Å². The van der Waals surface area contributed by atoms with E-state index in [1.54, 1.807) is 12.3 Å². The Labute approximate surface area is 150 Å². The Morgan fingerprint density at radius 3 is 2.73 bits per heavy atom. The van der Waals surface area contributed by atoms with Crippen molar-refractivity contribution < 1.29 is 30.2 Å². The van der Waals surface area contributed by atoms with Crippen molar-refractivity contribution >= 4 is 33.0 Å². The summed E-state index contributed by atoms with van der Waals surface area (Å²) < 4.78 is 69.1. The highest BCUT2D eigenvalue weighted by Crippen LogP contribution is 2.33. The summed E-state index contributed by atoms with van der Waals surface area (Å²) in [7, 11) is -5.76. The molecule has 0 bridgehead atoms. The van der Waals surface area contributed by atoms with Crippen LogP contribution in [0.25, 0.3) is 22.7 Å². The highest BCUT2D eigenvalue weighted by molar-refractivity contribution is 7.99. The third-order valence-corrected chi connectivity index (χ3v) is 5.03. The molecular weight excluding hydrogens is 393 g/mol. The van der Waals surface area contributed by atoms with Gasteiger partial charge in [-0.1, -0.05) is 6.92 Å². The first-order valence-corrected chi connectivity index (χ1v) is 9.60. The molecule has 0 saturated heterocycles. The van der Waals surface area contributed by atoms with E-state index in [0.717, 1.165) is 22.8 Å². The molecule has 3 rings (SSSR count). The number of rotatable bonds is 5. The number of hydrogen-bond acceptors (Lipinski definition) is 7. The molecule has 6 nitrogen and oxygen atoms in total. The van der Waals surface area contributed by atoms with Gasteiger partial charge in [0.15, 0.2) is 5.58 Å².